The van der Waals surface area contributed by atoms with Crippen molar-refractivity contribution < 1.29 is 68.9 Å². The summed E-state index contributed by atoms with van der Waals surface area (Å²) in [6.45, 7) is 8.75. The van der Waals surface area contributed by atoms with Gasteiger partial charge >= 0.3 is 68.9 Å². The molecule has 0 atom stereocenters. The standard InChI is InChI=1S/C28H28B.Cs/c1-21-9-5-13-25(17-21)29(26-14-6-10-22(2)18-26,27-15-7-11-23(3)19-27)28-16-8-12-24(4)20-28;/h5-20H,1-4H3;/q-1;+1. The Morgan fingerprint density at radius 2 is 0.633 bits per heavy atom. The van der Waals surface area contributed by atoms with Gasteiger partial charge in [0, 0.05) is 0 Å². The molecule has 4 aromatic carbocycles. The fraction of sp³-hybridized carbons (Fsp3) is 0.143. The summed E-state index contributed by atoms with van der Waals surface area (Å²) in [4.78, 5) is 0. The first-order valence-corrected chi connectivity index (χ1v) is 10.4. The maximum absolute atomic E-state index is 2.37. The maximum Gasteiger partial charge on any atom is 1.00 e. The van der Waals surface area contributed by atoms with Crippen LogP contribution in [0.25, 0.3) is 0 Å². The Morgan fingerprint density at radius 1 is 0.400 bits per heavy atom. The third-order valence-corrected chi connectivity index (χ3v) is 6.17. The third-order valence-electron chi connectivity index (χ3n) is 6.17. The molecule has 0 aliphatic carbocycles. The van der Waals surface area contributed by atoms with E-state index in [-0.39, 0.29) is 68.9 Å². The monoisotopic (exact) mass is 508 g/mol. The maximum atomic E-state index is 2.37. The first kappa shape index (κ1) is 23.7. The summed E-state index contributed by atoms with van der Waals surface area (Å²) in [6, 6.07) is 36.2. The molecule has 0 aliphatic heterocycles. The van der Waals surface area contributed by atoms with Crippen LogP contribution < -0.4 is 90.7 Å². The minimum Gasteiger partial charge on any atom is -0.195 e. The molecule has 4 rings (SSSR count). The molecule has 0 bridgehead atoms. The van der Waals surface area contributed by atoms with Gasteiger partial charge in [-0.3, -0.25) is 0 Å². The van der Waals surface area contributed by atoms with Crippen molar-refractivity contribution in [3.05, 3.63) is 119 Å². The number of rotatable bonds is 4. The van der Waals surface area contributed by atoms with Crippen LogP contribution in [0.4, 0.5) is 0 Å². The second kappa shape index (κ2) is 10.1. The Labute approximate surface area is 240 Å². The Balaban J connectivity index is 0.00000256. The van der Waals surface area contributed by atoms with Crippen LogP contribution in [0.1, 0.15) is 22.3 Å². The summed E-state index contributed by atoms with van der Waals surface area (Å²) in [5, 5.41) is 0. The van der Waals surface area contributed by atoms with Gasteiger partial charge in [-0.05, 0) is 27.7 Å². The molecule has 2 heteroatoms. The van der Waals surface area contributed by atoms with Gasteiger partial charge in [-0.1, -0.05) is 119 Å². The largest absolute Gasteiger partial charge is 1.00 e. The summed E-state index contributed by atoms with van der Waals surface area (Å²) < 4.78 is 0. The van der Waals surface area contributed by atoms with Crippen LogP contribution in [-0.4, -0.2) is 6.15 Å². The molecule has 0 aliphatic rings. The van der Waals surface area contributed by atoms with Crippen LogP contribution in [-0.2, 0) is 0 Å². The molecule has 144 valence electrons. The molecule has 0 heterocycles. The van der Waals surface area contributed by atoms with Gasteiger partial charge < -0.3 is 0 Å². The van der Waals surface area contributed by atoms with E-state index < -0.39 is 6.15 Å². The summed E-state index contributed by atoms with van der Waals surface area (Å²) in [5.74, 6) is 0. The zero-order valence-corrected chi connectivity index (χ0v) is 25.1. The van der Waals surface area contributed by atoms with E-state index in [0.717, 1.165) is 0 Å². The summed E-state index contributed by atoms with van der Waals surface area (Å²) in [5.41, 5.74) is 10.6. The minimum atomic E-state index is -1.29. The van der Waals surface area contributed by atoms with E-state index in [1.54, 1.807) is 0 Å². The fourth-order valence-corrected chi connectivity index (χ4v) is 4.91. The number of benzene rings is 4. The molecule has 0 radical (unpaired) electrons. The summed E-state index contributed by atoms with van der Waals surface area (Å²) in [7, 11) is 0. The van der Waals surface area contributed by atoms with Crippen LogP contribution in [0.2, 0.25) is 0 Å². The zero-order chi connectivity index (χ0) is 20.4. The normalized spacial score (nSPS) is 11.1. The third kappa shape index (κ3) is 4.60. The predicted molar refractivity (Wildman–Crippen MR) is 129 cm³/mol. The van der Waals surface area contributed by atoms with Gasteiger partial charge in [-0.2, -0.15) is 21.9 Å². The first-order valence-electron chi connectivity index (χ1n) is 10.4. The molecule has 30 heavy (non-hydrogen) atoms. The second-order valence-electron chi connectivity index (χ2n) is 8.52. The van der Waals surface area contributed by atoms with Gasteiger partial charge in [-0.25, -0.2) is 0 Å². The number of hydrogen-bond donors (Lipinski definition) is 0. The predicted octanol–water partition coefficient (Wildman–Crippen LogP) is 1.30. The number of hydrogen-bond acceptors (Lipinski definition) is 0. The van der Waals surface area contributed by atoms with E-state index >= 15 is 0 Å². The van der Waals surface area contributed by atoms with Crippen molar-refractivity contribution in [2.45, 2.75) is 27.7 Å². The molecule has 0 saturated carbocycles. The zero-order valence-electron chi connectivity index (χ0n) is 18.8. The van der Waals surface area contributed by atoms with Crippen molar-refractivity contribution in [3.63, 3.8) is 0 Å². The van der Waals surface area contributed by atoms with Crippen molar-refractivity contribution in [3.8, 4) is 0 Å². The summed E-state index contributed by atoms with van der Waals surface area (Å²) in [6.07, 6.45) is -1.29. The van der Waals surface area contributed by atoms with Gasteiger partial charge in [0.2, 0.25) is 0 Å². The molecule has 0 aromatic heterocycles. The van der Waals surface area contributed by atoms with E-state index in [4.69, 9.17) is 0 Å². The van der Waals surface area contributed by atoms with Crippen molar-refractivity contribution in [2.24, 2.45) is 0 Å². The van der Waals surface area contributed by atoms with Gasteiger partial charge in [0.15, 0.2) is 0 Å². The Morgan fingerprint density at radius 3 is 0.833 bits per heavy atom. The Kier molecular flexibility index (Phi) is 7.95. The van der Waals surface area contributed by atoms with Crippen molar-refractivity contribution in [2.75, 3.05) is 0 Å². The van der Waals surface area contributed by atoms with Crippen molar-refractivity contribution >= 4 is 28.0 Å². The van der Waals surface area contributed by atoms with E-state index in [1.165, 1.54) is 44.1 Å². The SMILES string of the molecule is Cc1cccc([B-](c2cccc(C)c2)(c2cccc(C)c2)c2cccc(C)c2)c1.[Cs+]. The van der Waals surface area contributed by atoms with E-state index in [1.807, 2.05) is 0 Å². The fourth-order valence-electron chi connectivity index (χ4n) is 4.91. The molecule has 0 spiro atoms. The topological polar surface area (TPSA) is 0 Å². The Bertz CT molecular complexity index is 975. The minimum absolute atomic E-state index is 0. The quantitative estimate of drug-likeness (QED) is 0.365. The molecule has 0 fully saturated rings. The van der Waals surface area contributed by atoms with Gasteiger partial charge in [0.25, 0.3) is 0 Å². The molecule has 0 amide bonds. The first-order chi connectivity index (χ1) is 14.0. The molecule has 0 saturated heterocycles. The number of aryl methyl sites for hydroxylation is 4. The smallest absolute Gasteiger partial charge is 0.195 e. The molecule has 4 aromatic rings. The summed E-state index contributed by atoms with van der Waals surface area (Å²) >= 11 is 0. The van der Waals surface area contributed by atoms with E-state index in [2.05, 4.69) is 125 Å². The second-order valence-corrected chi connectivity index (χ2v) is 8.52. The molecular weight excluding hydrogens is 480 g/mol. The average molecular weight is 508 g/mol. The molecule has 0 N–H and O–H groups in total. The van der Waals surface area contributed by atoms with Crippen LogP contribution in [0.3, 0.4) is 0 Å². The van der Waals surface area contributed by atoms with Gasteiger partial charge in [0.1, 0.15) is 6.15 Å². The van der Waals surface area contributed by atoms with E-state index in [0.29, 0.717) is 0 Å². The van der Waals surface area contributed by atoms with E-state index in [9.17, 15) is 0 Å². The van der Waals surface area contributed by atoms with Crippen molar-refractivity contribution in [1.29, 1.82) is 0 Å². The van der Waals surface area contributed by atoms with Crippen LogP contribution in [0.5, 0.6) is 0 Å². The van der Waals surface area contributed by atoms with Crippen LogP contribution >= 0.6 is 0 Å². The molecular formula is C28H28BCs. The molecule has 0 nitrogen and oxygen atoms in total. The van der Waals surface area contributed by atoms with Crippen molar-refractivity contribution in [1.82, 2.24) is 0 Å². The average Bonchev–Trinajstić information content (AvgIpc) is 2.69. The van der Waals surface area contributed by atoms with Gasteiger partial charge in [-0.15, -0.1) is 0 Å². The molecule has 0 unspecified atom stereocenters. The van der Waals surface area contributed by atoms with Crippen LogP contribution in [0, 0.1) is 27.7 Å². The van der Waals surface area contributed by atoms with Gasteiger partial charge in [0.05, 0.1) is 0 Å². The Hall–Kier alpha value is -1.00. The van der Waals surface area contributed by atoms with Crippen LogP contribution in [0.15, 0.2) is 97.1 Å².